The highest BCUT2D eigenvalue weighted by atomic mass is 35.5. The van der Waals surface area contributed by atoms with Crippen LogP contribution in [0.5, 0.6) is 11.5 Å². The lowest BCUT2D eigenvalue weighted by Crippen LogP contribution is -2.42. The number of carbonyl (C=O) groups is 2. The third-order valence-electron chi connectivity index (χ3n) is 5.58. The van der Waals surface area contributed by atoms with E-state index in [1.54, 1.807) is 83.5 Å². The van der Waals surface area contributed by atoms with Crippen LogP contribution in [-0.4, -0.2) is 36.9 Å². The van der Waals surface area contributed by atoms with Gasteiger partial charge in [0.05, 0.1) is 44.4 Å². The maximum Gasteiger partial charge on any atom is 0.416 e. The predicted octanol–water partition coefficient (Wildman–Crippen LogP) is 6.06. The molecule has 0 saturated heterocycles. The average molecular weight is 525 g/mol. The highest BCUT2D eigenvalue weighted by Crippen LogP contribution is 2.34. The molecule has 1 N–H and O–H groups in total. The van der Waals surface area contributed by atoms with Gasteiger partial charge in [-0.05, 0) is 69.3 Å². The summed E-state index contributed by atoms with van der Waals surface area (Å²) in [4.78, 5) is 33.8. The lowest BCUT2D eigenvalue weighted by molar-refractivity contribution is 0.0576. The number of anilines is 3. The van der Waals surface area contributed by atoms with Crippen LogP contribution in [-0.2, 0) is 17.8 Å². The number of nitrogens with one attached hydrogen (secondary N) is 1. The number of hydrogen-bond donors (Lipinski definition) is 1. The molecule has 9 nitrogen and oxygen atoms in total. The molecule has 0 fully saturated rings. The number of hydrogen-bond acceptors (Lipinski definition) is 6. The van der Waals surface area contributed by atoms with Gasteiger partial charge >= 0.3 is 12.1 Å². The number of halogens is 1. The van der Waals surface area contributed by atoms with Crippen molar-refractivity contribution >= 4 is 40.9 Å². The zero-order chi connectivity index (χ0) is 26.7. The molecule has 194 valence electrons. The molecule has 0 spiro atoms. The minimum atomic E-state index is -0.715. The summed E-state index contributed by atoms with van der Waals surface area (Å²) in [7, 11) is 3.13. The summed E-state index contributed by atoms with van der Waals surface area (Å²) in [5, 5.41) is 3.41. The summed E-state index contributed by atoms with van der Waals surface area (Å²) >= 11 is 6.03. The molecule has 1 aliphatic rings. The molecule has 3 amide bonds. The second-order valence-electron chi connectivity index (χ2n) is 9.35. The Hall–Kier alpha value is -3.98. The Morgan fingerprint density at radius 1 is 1.08 bits per heavy atom. The van der Waals surface area contributed by atoms with E-state index in [-0.39, 0.29) is 19.1 Å². The minimum absolute atomic E-state index is 0.140. The van der Waals surface area contributed by atoms with E-state index in [1.807, 2.05) is 6.07 Å². The summed E-state index contributed by atoms with van der Waals surface area (Å²) in [6.45, 7) is 5.76. The van der Waals surface area contributed by atoms with Crippen LogP contribution in [0, 0.1) is 0 Å². The van der Waals surface area contributed by atoms with Crippen molar-refractivity contribution < 1.29 is 23.8 Å². The van der Waals surface area contributed by atoms with Gasteiger partial charge in [0, 0.05) is 16.7 Å². The number of aromatic nitrogens is 1. The van der Waals surface area contributed by atoms with Crippen molar-refractivity contribution in [2.75, 3.05) is 24.0 Å². The Balaban J connectivity index is 1.73. The lowest BCUT2D eigenvalue weighted by Gasteiger charge is -2.31. The smallest absolute Gasteiger partial charge is 0.416 e. The summed E-state index contributed by atoms with van der Waals surface area (Å²) in [5.74, 6) is 1.57. The summed E-state index contributed by atoms with van der Waals surface area (Å²) in [6, 6.07) is 15.5. The van der Waals surface area contributed by atoms with Crippen LogP contribution >= 0.6 is 11.6 Å². The number of nitrogens with zero attached hydrogens (tertiary/aromatic N) is 3. The molecule has 2 heterocycles. The number of fused-ring (bicyclic) bond motifs is 1. The first-order valence-electron chi connectivity index (χ1n) is 11.6. The third kappa shape index (κ3) is 5.89. The van der Waals surface area contributed by atoms with Crippen molar-refractivity contribution in [3.63, 3.8) is 0 Å². The highest BCUT2D eigenvalue weighted by Gasteiger charge is 2.30. The van der Waals surface area contributed by atoms with Gasteiger partial charge in [0.15, 0.2) is 0 Å². The molecule has 3 aromatic rings. The fraction of sp³-hybridized carbons (Fsp3) is 0.296. The fourth-order valence-corrected chi connectivity index (χ4v) is 4.00. The number of urea groups is 1. The van der Waals surface area contributed by atoms with Gasteiger partial charge < -0.3 is 19.5 Å². The van der Waals surface area contributed by atoms with Crippen molar-refractivity contribution in [3.8, 4) is 11.5 Å². The first kappa shape index (κ1) is 26.1. The van der Waals surface area contributed by atoms with Gasteiger partial charge in [-0.1, -0.05) is 11.6 Å². The van der Waals surface area contributed by atoms with E-state index < -0.39 is 11.7 Å². The molecular formula is C27H29ClN4O5. The van der Waals surface area contributed by atoms with E-state index in [4.69, 9.17) is 30.8 Å². The zero-order valence-corrected chi connectivity index (χ0v) is 22.1. The first-order chi connectivity index (χ1) is 17.6. The number of amides is 3. The van der Waals surface area contributed by atoms with Crippen molar-refractivity contribution in [1.29, 1.82) is 0 Å². The summed E-state index contributed by atoms with van der Waals surface area (Å²) in [6.07, 6.45) is -0.563. The van der Waals surface area contributed by atoms with Crippen LogP contribution in [0.2, 0.25) is 5.02 Å². The van der Waals surface area contributed by atoms with Gasteiger partial charge in [-0.15, -0.1) is 0 Å². The molecule has 0 bridgehead atoms. The summed E-state index contributed by atoms with van der Waals surface area (Å²) < 4.78 is 16.5. The number of rotatable bonds is 6. The molecule has 0 radical (unpaired) electrons. The molecule has 1 aromatic heterocycles. The van der Waals surface area contributed by atoms with E-state index in [9.17, 15) is 9.59 Å². The number of carbonyl (C=O) groups excluding carboxylic acids is 2. The monoisotopic (exact) mass is 524 g/mol. The topological polar surface area (TPSA) is 93.2 Å². The number of methoxy groups -OCH3 is 2. The maximum absolute atomic E-state index is 13.3. The van der Waals surface area contributed by atoms with Gasteiger partial charge in [0.2, 0.25) is 0 Å². The predicted molar refractivity (Wildman–Crippen MR) is 142 cm³/mol. The molecule has 0 saturated carbocycles. The van der Waals surface area contributed by atoms with Crippen LogP contribution < -0.4 is 24.6 Å². The molecule has 4 rings (SSSR count). The molecule has 0 atom stereocenters. The van der Waals surface area contributed by atoms with Gasteiger partial charge in [0.25, 0.3) is 0 Å². The molecule has 37 heavy (non-hydrogen) atoms. The molecule has 10 heteroatoms. The second kappa shape index (κ2) is 10.6. The largest absolute Gasteiger partial charge is 0.497 e. The standard InChI is InChI=1S/C27H29ClN4O5/c1-27(2,3)37-26(34)31(16-17-6-11-20(35-4)14-23(17)36-5)24-13-12-22-21(30-24)15-29-25(33)32(22)19-9-7-18(28)8-10-19/h6-14H,15-16H2,1-5H3,(H,29,33). The number of benzene rings is 2. The zero-order valence-electron chi connectivity index (χ0n) is 21.4. The Kier molecular flexibility index (Phi) is 7.45. The van der Waals surface area contributed by atoms with Crippen LogP contribution in [0.1, 0.15) is 32.0 Å². The van der Waals surface area contributed by atoms with Gasteiger partial charge in [0.1, 0.15) is 22.9 Å². The average Bonchev–Trinajstić information content (AvgIpc) is 2.86. The quantitative estimate of drug-likeness (QED) is 0.421. The Morgan fingerprint density at radius 2 is 1.81 bits per heavy atom. The summed E-state index contributed by atoms with van der Waals surface area (Å²) in [5.41, 5.74) is 1.88. The van der Waals surface area contributed by atoms with E-state index in [0.29, 0.717) is 39.4 Å². The van der Waals surface area contributed by atoms with Gasteiger partial charge in [-0.25, -0.2) is 14.6 Å². The Labute approximate surface area is 220 Å². The lowest BCUT2D eigenvalue weighted by atomic mass is 10.1. The van der Waals surface area contributed by atoms with Crippen LogP contribution in [0.4, 0.5) is 26.8 Å². The van der Waals surface area contributed by atoms with Crippen molar-refractivity contribution in [2.45, 2.75) is 39.5 Å². The molecule has 2 aromatic carbocycles. The molecule has 1 aliphatic heterocycles. The van der Waals surface area contributed by atoms with E-state index in [2.05, 4.69) is 5.32 Å². The number of ether oxygens (including phenoxy) is 3. The van der Waals surface area contributed by atoms with Gasteiger partial charge in [-0.3, -0.25) is 9.80 Å². The maximum atomic E-state index is 13.3. The van der Waals surface area contributed by atoms with Crippen molar-refractivity contribution in [3.05, 3.63) is 70.9 Å². The molecule has 0 aliphatic carbocycles. The van der Waals surface area contributed by atoms with E-state index in [0.717, 1.165) is 5.56 Å². The fourth-order valence-electron chi connectivity index (χ4n) is 3.87. The normalized spacial score (nSPS) is 12.9. The van der Waals surface area contributed by atoms with Crippen molar-refractivity contribution in [2.24, 2.45) is 0 Å². The third-order valence-corrected chi connectivity index (χ3v) is 5.84. The minimum Gasteiger partial charge on any atom is -0.497 e. The first-order valence-corrected chi connectivity index (χ1v) is 12.0. The number of pyridine rings is 1. The second-order valence-corrected chi connectivity index (χ2v) is 9.79. The molecule has 0 unspecified atom stereocenters. The van der Waals surface area contributed by atoms with Crippen molar-refractivity contribution in [1.82, 2.24) is 10.3 Å². The van der Waals surface area contributed by atoms with E-state index in [1.165, 1.54) is 9.80 Å². The van der Waals surface area contributed by atoms with Crippen LogP contribution in [0.15, 0.2) is 54.6 Å². The van der Waals surface area contributed by atoms with E-state index >= 15 is 0 Å². The Morgan fingerprint density at radius 3 is 2.46 bits per heavy atom. The highest BCUT2D eigenvalue weighted by molar-refractivity contribution is 6.30. The van der Waals surface area contributed by atoms with Crippen LogP contribution in [0.25, 0.3) is 0 Å². The van der Waals surface area contributed by atoms with Crippen LogP contribution in [0.3, 0.4) is 0 Å². The Bertz CT molecular complexity index is 1310. The molecular weight excluding hydrogens is 496 g/mol. The SMILES string of the molecule is COc1ccc(CN(C(=O)OC(C)(C)C)c2ccc3c(n2)CNC(=O)N3c2ccc(Cl)cc2)c(OC)c1. The van der Waals surface area contributed by atoms with Gasteiger partial charge in [-0.2, -0.15) is 0 Å².